The maximum atomic E-state index is 13.6. The number of ether oxygens (including phenoxy) is 1. The predicted molar refractivity (Wildman–Crippen MR) is 187 cm³/mol. The van der Waals surface area contributed by atoms with Gasteiger partial charge >= 0.3 is 0 Å². The Bertz CT molecular complexity index is 1870. The van der Waals surface area contributed by atoms with E-state index in [0.717, 1.165) is 40.8 Å². The van der Waals surface area contributed by atoms with E-state index in [1.54, 1.807) is 0 Å². The number of hydrogen-bond donors (Lipinski definition) is 2. The highest BCUT2D eigenvalue weighted by atomic mass is 35.5. The molecule has 1 aliphatic heterocycles. The van der Waals surface area contributed by atoms with Gasteiger partial charge in [-0.1, -0.05) is 53.5 Å². The third kappa shape index (κ3) is 7.18. The number of aliphatic imine (C=N–C) groups is 1. The average molecular weight is 692 g/mol. The van der Waals surface area contributed by atoms with Gasteiger partial charge in [0.1, 0.15) is 5.75 Å². The number of rotatable bonds is 10. The molecule has 0 unspecified atom stereocenters. The highest BCUT2D eigenvalue weighted by Gasteiger charge is 2.34. The molecule has 1 amide bonds. The molecule has 1 aliphatic carbocycles. The smallest absolute Gasteiger partial charge is 0.252 e. The van der Waals surface area contributed by atoms with Crippen LogP contribution in [0.1, 0.15) is 64.2 Å². The zero-order chi connectivity index (χ0) is 33.3. The van der Waals surface area contributed by atoms with Crippen molar-refractivity contribution >= 4 is 50.5 Å². The number of sulfonamides is 1. The summed E-state index contributed by atoms with van der Waals surface area (Å²) in [5, 5.41) is 1.33. The number of benzene rings is 4. The molecule has 1 saturated heterocycles. The third-order valence-corrected chi connectivity index (χ3v) is 11.3. The van der Waals surface area contributed by atoms with Gasteiger partial charge in [-0.05, 0) is 90.9 Å². The highest BCUT2D eigenvalue weighted by molar-refractivity contribution is 7.89. The van der Waals surface area contributed by atoms with E-state index in [2.05, 4.69) is 12.1 Å². The van der Waals surface area contributed by atoms with Gasteiger partial charge in [-0.3, -0.25) is 9.79 Å². The summed E-state index contributed by atoms with van der Waals surface area (Å²) in [7, 11) is -2.46. The second kappa shape index (κ2) is 13.7. The van der Waals surface area contributed by atoms with Gasteiger partial charge in [-0.25, -0.2) is 8.42 Å². The monoisotopic (exact) mass is 690 g/mol. The van der Waals surface area contributed by atoms with Crippen LogP contribution in [0.4, 0.5) is 5.69 Å². The third-order valence-electron chi connectivity index (χ3n) is 8.88. The number of hydrogen-bond acceptors (Lipinski definition) is 6. The molecule has 0 aromatic heterocycles. The predicted octanol–water partition coefficient (Wildman–Crippen LogP) is 6.92. The first kappa shape index (κ1) is 33.0. The highest BCUT2D eigenvalue weighted by Crippen LogP contribution is 2.38. The lowest BCUT2D eigenvalue weighted by Crippen LogP contribution is -2.40. The van der Waals surface area contributed by atoms with Gasteiger partial charge in [0.25, 0.3) is 5.91 Å². The summed E-state index contributed by atoms with van der Waals surface area (Å²) in [4.78, 5) is 17.0. The van der Waals surface area contributed by atoms with Gasteiger partial charge in [0.2, 0.25) is 10.0 Å². The first-order chi connectivity index (χ1) is 22.5. The van der Waals surface area contributed by atoms with Crippen LogP contribution in [-0.4, -0.2) is 50.6 Å². The Kier molecular flexibility index (Phi) is 9.62. The van der Waals surface area contributed by atoms with E-state index in [9.17, 15) is 13.2 Å². The van der Waals surface area contributed by atoms with Crippen LogP contribution in [0.3, 0.4) is 0 Å². The molecule has 4 aromatic rings. The number of halogens is 2. The first-order valence-corrected chi connectivity index (χ1v) is 17.7. The Morgan fingerprint density at radius 2 is 1.40 bits per heavy atom. The number of primary amides is 1. The van der Waals surface area contributed by atoms with Crippen molar-refractivity contribution in [1.82, 2.24) is 4.31 Å². The largest absolute Gasteiger partial charge is 0.496 e. The van der Waals surface area contributed by atoms with E-state index in [0.29, 0.717) is 41.7 Å². The number of carbonyl (C=O) groups excluding carboxylic acids is 1. The van der Waals surface area contributed by atoms with Crippen LogP contribution >= 0.6 is 23.2 Å². The topological polar surface area (TPSA) is 128 Å². The van der Waals surface area contributed by atoms with Crippen LogP contribution in [0, 0.1) is 5.92 Å². The Labute approximate surface area is 285 Å². The lowest BCUT2D eigenvalue weighted by atomic mass is 9.82. The molecule has 2 fully saturated rings. The number of nitrogens with two attached hydrogens (primary N) is 2. The minimum Gasteiger partial charge on any atom is -0.496 e. The number of piperidine rings is 1. The quantitative estimate of drug-likeness (QED) is 0.106. The first-order valence-electron chi connectivity index (χ1n) is 15.5. The van der Waals surface area contributed by atoms with Crippen LogP contribution in [0.15, 0.2) is 94.8 Å². The van der Waals surface area contributed by atoms with E-state index in [1.165, 1.54) is 29.6 Å². The molecule has 4 aromatic carbocycles. The molecule has 4 N–H and O–H groups in total. The van der Waals surface area contributed by atoms with Crippen molar-refractivity contribution in [3.63, 3.8) is 0 Å². The van der Waals surface area contributed by atoms with E-state index < -0.39 is 15.9 Å². The fourth-order valence-electron chi connectivity index (χ4n) is 6.21. The standard InChI is InChI=1S/C36H36Cl2N4O4S/c1-46-33-21-29(13-14-30(33)36(40)43)47(44,45)42-18-16-24(17-19-42)35(41-28-11-12-28)31-20-25(6-15-32(31)39)34(22-2-7-26(37)8-3-22)23-4-9-27(38)10-5-23/h2-10,13-15,20-21,24,28,34H,11-12,16-19,39H2,1H3,(H2,40,43). The number of nitrogens with zero attached hydrogens (tertiary/aromatic N) is 2. The Morgan fingerprint density at radius 1 is 0.830 bits per heavy atom. The summed E-state index contributed by atoms with van der Waals surface area (Å²) < 4.78 is 34.0. The number of amides is 1. The van der Waals surface area contributed by atoms with E-state index >= 15 is 0 Å². The molecule has 8 nitrogen and oxygen atoms in total. The minimum absolute atomic E-state index is 0.0240. The molecule has 1 saturated carbocycles. The van der Waals surface area contributed by atoms with Crippen molar-refractivity contribution < 1.29 is 17.9 Å². The van der Waals surface area contributed by atoms with Gasteiger partial charge in [0.05, 0.1) is 23.6 Å². The lowest BCUT2D eigenvalue weighted by molar-refractivity contribution is 0.0997. The molecule has 2 aliphatic rings. The maximum Gasteiger partial charge on any atom is 0.252 e. The molecule has 0 spiro atoms. The van der Waals surface area contributed by atoms with Gasteiger partial charge in [0, 0.05) is 58.0 Å². The summed E-state index contributed by atoms with van der Waals surface area (Å²) >= 11 is 12.5. The lowest BCUT2D eigenvalue weighted by Gasteiger charge is -2.32. The van der Waals surface area contributed by atoms with E-state index in [4.69, 9.17) is 44.4 Å². The number of carbonyl (C=O) groups is 1. The van der Waals surface area contributed by atoms with E-state index in [-0.39, 0.29) is 34.1 Å². The van der Waals surface area contributed by atoms with Crippen LogP contribution in [0.25, 0.3) is 0 Å². The average Bonchev–Trinajstić information content (AvgIpc) is 3.90. The van der Waals surface area contributed by atoms with Crippen molar-refractivity contribution in [1.29, 1.82) is 0 Å². The Morgan fingerprint density at radius 3 is 1.94 bits per heavy atom. The molecular formula is C36H36Cl2N4O4S. The van der Waals surface area contributed by atoms with Gasteiger partial charge < -0.3 is 16.2 Å². The van der Waals surface area contributed by atoms with Crippen molar-refractivity contribution in [2.45, 2.75) is 42.5 Å². The summed E-state index contributed by atoms with van der Waals surface area (Å²) in [6.45, 7) is 0.628. The molecule has 244 valence electrons. The SMILES string of the molecule is COc1cc(S(=O)(=O)N2CCC(C(=NC3CC3)c3cc(C(c4ccc(Cl)cc4)c4ccc(Cl)cc4)ccc3N)CC2)ccc1C(N)=O. The molecule has 11 heteroatoms. The molecule has 0 bridgehead atoms. The van der Waals surface area contributed by atoms with Crippen LogP contribution in [-0.2, 0) is 10.0 Å². The molecule has 6 rings (SSSR count). The van der Waals surface area contributed by atoms with Crippen molar-refractivity contribution in [2.75, 3.05) is 25.9 Å². The van der Waals surface area contributed by atoms with Crippen LogP contribution in [0.2, 0.25) is 10.0 Å². The van der Waals surface area contributed by atoms with Gasteiger partial charge in [0.15, 0.2) is 0 Å². The summed E-state index contributed by atoms with van der Waals surface area (Å²) in [6.07, 6.45) is 3.22. The second-order valence-electron chi connectivity index (χ2n) is 12.0. The van der Waals surface area contributed by atoms with Crippen LogP contribution < -0.4 is 16.2 Å². The molecule has 47 heavy (non-hydrogen) atoms. The molecular weight excluding hydrogens is 655 g/mol. The summed E-state index contributed by atoms with van der Waals surface area (Å²) in [5.41, 5.74) is 17.9. The second-order valence-corrected chi connectivity index (χ2v) is 14.8. The Balaban J connectivity index is 1.30. The molecule has 0 radical (unpaired) electrons. The number of methoxy groups -OCH3 is 1. The molecule has 1 heterocycles. The fraction of sp³-hybridized carbons (Fsp3) is 0.278. The number of anilines is 1. The minimum atomic E-state index is -3.84. The van der Waals surface area contributed by atoms with Gasteiger partial charge in [-0.15, -0.1) is 0 Å². The van der Waals surface area contributed by atoms with Crippen LogP contribution in [0.5, 0.6) is 5.75 Å². The van der Waals surface area contributed by atoms with Crippen molar-refractivity contribution in [3.8, 4) is 5.75 Å². The van der Waals surface area contributed by atoms with Gasteiger partial charge in [-0.2, -0.15) is 4.31 Å². The van der Waals surface area contributed by atoms with Crippen molar-refractivity contribution in [2.24, 2.45) is 16.6 Å². The molecule has 0 atom stereocenters. The summed E-state index contributed by atoms with van der Waals surface area (Å²) in [5.74, 6) is -0.643. The number of nitrogen functional groups attached to an aromatic ring is 1. The fourth-order valence-corrected chi connectivity index (χ4v) is 7.95. The zero-order valence-electron chi connectivity index (χ0n) is 25.9. The normalized spacial score (nSPS) is 16.4. The Hall–Kier alpha value is -3.89. The van der Waals surface area contributed by atoms with Crippen molar-refractivity contribution in [3.05, 3.63) is 123 Å². The maximum absolute atomic E-state index is 13.6. The zero-order valence-corrected chi connectivity index (χ0v) is 28.2. The summed E-state index contributed by atoms with van der Waals surface area (Å²) in [6, 6.07) is 26.2. The van der Waals surface area contributed by atoms with E-state index in [1.807, 2.05) is 54.6 Å².